The highest BCUT2D eigenvalue weighted by molar-refractivity contribution is 9.10. The van der Waals surface area contributed by atoms with Gasteiger partial charge in [-0.3, -0.25) is 0 Å². The molecule has 1 aliphatic rings. The summed E-state index contributed by atoms with van der Waals surface area (Å²) in [4.78, 5) is 8.39. The lowest BCUT2D eigenvalue weighted by molar-refractivity contribution is 0.324. The Balaban J connectivity index is 2.11. The molecule has 18 heavy (non-hydrogen) atoms. The van der Waals surface area contributed by atoms with Crippen LogP contribution in [0.4, 0.5) is 0 Å². The molecule has 1 atom stereocenters. The van der Waals surface area contributed by atoms with Gasteiger partial charge in [0.25, 0.3) is 0 Å². The number of aryl methyl sites for hydroxylation is 1. The minimum absolute atomic E-state index is 0.374. The molecule has 0 spiro atoms. The first-order chi connectivity index (χ1) is 8.47. The van der Waals surface area contributed by atoms with Crippen molar-refractivity contribution in [3.8, 4) is 0 Å². The van der Waals surface area contributed by atoms with E-state index in [1.165, 1.54) is 30.7 Å². The Labute approximate surface area is 116 Å². The second kappa shape index (κ2) is 4.09. The molecule has 3 rings (SSSR count). The number of aromatic amines is 1. The predicted molar refractivity (Wildman–Crippen MR) is 78.9 cm³/mol. The molecule has 1 heterocycles. The summed E-state index contributed by atoms with van der Waals surface area (Å²) in [7, 11) is 0. The van der Waals surface area contributed by atoms with Crippen LogP contribution in [0.5, 0.6) is 0 Å². The van der Waals surface area contributed by atoms with Crippen molar-refractivity contribution in [1.82, 2.24) is 9.97 Å². The molecule has 3 heteroatoms. The van der Waals surface area contributed by atoms with Gasteiger partial charge < -0.3 is 4.98 Å². The van der Waals surface area contributed by atoms with Crippen molar-refractivity contribution in [2.24, 2.45) is 5.41 Å². The van der Waals surface area contributed by atoms with E-state index < -0.39 is 0 Å². The molecule has 1 aromatic carbocycles. The van der Waals surface area contributed by atoms with Crippen LogP contribution in [0, 0.1) is 12.3 Å². The molecular formula is C15H19BrN2. The number of H-pyrrole nitrogens is 1. The molecule has 1 aromatic heterocycles. The van der Waals surface area contributed by atoms with Gasteiger partial charge >= 0.3 is 0 Å². The average molecular weight is 307 g/mol. The molecule has 0 bridgehead atoms. The molecule has 96 valence electrons. The van der Waals surface area contributed by atoms with Crippen molar-refractivity contribution in [3.63, 3.8) is 0 Å². The minimum Gasteiger partial charge on any atom is -0.342 e. The van der Waals surface area contributed by atoms with Crippen LogP contribution in [0.1, 0.15) is 50.4 Å². The first kappa shape index (κ1) is 12.2. The zero-order valence-corrected chi connectivity index (χ0v) is 12.8. The van der Waals surface area contributed by atoms with E-state index in [4.69, 9.17) is 4.98 Å². The summed E-state index contributed by atoms with van der Waals surface area (Å²) < 4.78 is 1.12. The SMILES string of the molecule is Cc1cc(Br)cc2[nH]c(C3CCCC3(C)C)nc12. The molecule has 2 nitrogen and oxygen atoms in total. The lowest BCUT2D eigenvalue weighted by Crippen LogP contribution is -2.16. The van der Waals surface area contributed by atoms with Gasteiger partial charge in [-0.25, -0.2) is 4.98 Å². The van der Waals surface area contributed by atoms with Gasteiger partial charge in [-0.05, 0) is 42.9 Å². The van der Waals surface area contributed by atoms with Crippen molar-refractivity contribution in [2.75, 3.05) is 0 Å². The van der Waals surface area contributed by atoms with Gasteiger partial charge in [-0.15, -0.1) is 0 Å². The van der Waals surface area contributed by atoms with Gasteiger partial charge in [0.15, 0.2) is 0 Å². The molecule has 1 saturated carbocycles. The highest BCUT2D eigenvalue weighted by Crippen LogP contribution is 2.48. The van der Waals surface area contributed by atoms with E-state index in [0.717, 1.165) is 15.5 Å². The Hall–Kier alpha value is -0.830. The highest BCUT2D eigenvalue weighted by Gasteiger charge is 2.37. The summed E-state index contributed by atoms with van der Waals surface area (Å²) in [6.45, 7) is 6.85. The van der Waals surface area contributed by atoms with Gasteiger partial charge in [-0.2, -0.15) is 0 Å². The Kier molecular flexibility index (Phi) is 2.77. The molecule has 2 aromatic rings. The maximum absolute atomic E-state index is 4.85. The standard InChI is InChI=1S/C15H19BrN2/c1-9-7-10(16)8-12-13(9)18-14(17-12)11-5-4-6-15(11,2)3/h7-8,11H,4-6H2,1-3H3,(H,17,18). The third-order valence-electron chi connectivity index (χ3n) is 4.35. The normalized spacial score (nSPS) is 22.8. The molecule has 0 aliphatic heterocycles. The smallest absolute Gasteiger partial charge is 0.110 e. The monoisotopic (exact) mass is 306 g/mol. The quantitative estimate of drug-likeness (QED) is 0.795. The van der Waals surface area contributed by atoms with E-state index >= 15 is 0 Å². The van der Waals surface area contributed by atoms with Crippen molar-refractivity contribution >= 4 is 27.0 Å². The maximum Gasteiger partial charge on any atom is 0.110 e. The third kappa shape index (κ3) is 1.89. The lowest BCUT2D eigenvalue weighted by Gasteiger charge is -2.24. The number of nitrogens with zero attached hydrogens (tertiary/aromatic N) is 1. The number of halogens is 1. The maximum atomic E-state index is 4.85. The lowest BCUT2D eigenvalue weighted by atomic mass is 9.81. The van der Waals surface area contributed by atoms with Crippen molar-refractivity contribution < 1.29 is 0 Å². The number of hydrogen-bond donors (Lipinski definition) is 1. The van der Waals surface area contributed by atoms with E-state index in [-0.39, 0.29) is 0 Å². The summed E-state index contributed by atoms with van der Waals surface area (Å²) in [5.74, 6) is 1.75. The van der Waals surface area contributed by atoms with Gasteiger partial charge in [0.05, 0.1) is 11.0 Å². The van der Waals surface area contributed by atoms with Crippen molar-refractivity contribution in [2.45, 2.75) is 46.0 Å². The molecule has 1 aliphatic carbocycles. The predicted octanol–water partition coefficient (Wildman–Crippen LogP) is 4.93. The molecule has 0 saturated heterocycles. The second-order valence-corrected chi connectivity index (χ2v) is 7.09. The van der Waals surface area contributed by atoms with Crippen LogP contribution in [0.25, 0.3) is 11.0 Å². The van der Waals surface area contributed by atoms with Gasteiger partial charge in [0, 0.05) is 10.4 Å². The zero-order valence-electron chi connectivity index (χ0n) is 11.2. The van der Waals surface area contributed by atoms with Crippen LogP contribution in [-0.2, 0) is 0 Å². The topological polar surface area (TPSA) is 28.7 Å². The van der Waals surface area contributed by atoms with Gasteiger partial charge in [-0.1, -0.05) is 36.2 Å². The fourth-order valence-corrected chi connectivity index (χ4v) is 3.84. The van der Waals surface area contributed by atoms with E-state index in [1.54, 1.807) is 0 Å². The Morgan fingerprint density at radius 3 is 2.83 bits per heavy atom. The average Bonchev–Trinajstić information content (AvgIpc) is 2.80. The first-order valence-electron chi connectivity index (χ1n) is 6.63. The molecule has 1 N–H and O–H groups in total. The summed E-state index contributed by atoms with van der Waals surface area (Å²) in [5.41, 5.74) is 3.88. The number of fused-ring (bicyclic) bond motifs is 1. The summed E-state index contributed by atoms with van der Waals surface area (Å²) >= 11 is 3.55. The Bertz CT molecular complexity index is 598. The third-order valence-corrected chi connectivity index (χ3v) is 4.81. The number of rotatable bonds is 1. The molecule has 0 radical (unpaired) electrons. The number of aromatic nitrogens is 2. The van der Waals surface area contributed by atoms with Gasteiger partial charge in [0.1, 0.15) is 5.82 Å². The van der Waals surface area contributed by atoms with Crippen LogP contribution in [-0.4, -0.2) is 9.97 Å². The summed E-state index contributed by atoms with van der Waals surface area (Å²) in [6.07, 6.45) is 3.88. The second-order valence-electron chi connectivity index (χ2n) is 6.17. The van der Waals surface area contributed by atoms with E-state index in [1.807, 2.05) is 0 Å². The first-order valence-corrected chi connectivity index (χ1v) is 7.42. The van der Waals surface area contributed by atoms with Crippen LogP contribution in [0.2, 0.25) is 0 Å². The molecule has 1 unspecified atom stereocenters. The molecule has 0 amide bonds. The number of imidazole rings is 1. The summed E-state index contributed by atoms with van der Waals surface area (Å²) in [5, 5.41) is 0. The fourth-order valence-electron chi connectivity index (χ4n) is 3.26. The van der Waals surface area contributed by atoms with Crippen molar-refractivity contribution in [3.05, 3.63) is 28.0 Å². The Morgan fingerprint density at radius 1 is 1.39 bits per heavy atom. The highest BCUT2D eigenvalue weighted by atomic mass is 79.9. The van der Waals surface area contributed by atoms with E-state index in [0.29, 0.717) is 11.3 Å². The van der Waals surface area contributed by atoms with Crippen LogP contribution in [0.3, 0.4) is 0 Å². The van der Waals surface area contributed by atoms with Crippen LogP contribution >= 0.6 is 15.9 Å². The fraction of sp³-hybridized carbons (Fsp3) is 0.533. The number of hydrogen-bond acceptors (Lipinski definition) is 1. The molecular weight excluding hydrogens is 288 g/mol. The van der Waals surface area contributed by atoms with Crippen LogP contribution < -0.4 is 0 Å². The Morgan fingerprint density at radius 2 is 2.17 bits per heavy atom. The largest absolute Gasteiger partial charge is 0.342 e. The van der Waals surface area contributed by atoms with Crippen LogP contribution in [0.15, 0.2) is 16.6 Å². The van der Waals surface area contributed by atoms with Crippen molar-refractivity contribution in [1.29, 1.82) is 0 Å². The number of nitrogens with one attached hydrogen (secondary N) is 1. The zero-order chi connectivity index (χ0) is 12.9. The minimum atomic E-state index is 0.374. The number of benzene rings is 1. The van der Waals surface area contributed by atoms with E-state index in [9.17, 15) is 0 Å². The van der Waals surface area contributed by atoms with E-state index in [2.05, 4.69) is 53.8 Å². The summed E-state index contributed by atoms with van der Waals surface area (Å²) in [6, 6.07) is 4.26. The van der Waals surface area contributed by atoms with Gasteiger partial charge in [0.2, 0.25) is 0 Å². The molecule has 1 fully saturated rings.